The summed E-state index contributed by atoms with van der Waals surface area (Å²) in [6.07, 6.45) is 0. The van der Waals surface area contributed by atoms with Crippen molar-refractivity contribution in [3.63, 3.8) is 0 Å². The van der Waals surface area contributed by atoms with Gasteiger partial charge in [-0.15, -0.1) is 0 Å². The molecule has 0 spiro atoms. The van der Waals surface area contributed by atoms with Crippen LogP contribution in [0.5, 0.6) is 11.5 Å². The standard InChI is InChI=1S/C26H21ClN4O5S/c27-18-10-13-23(36-20-5-3-4-17(14-20)25(28)31-33)22(15-18)26(32)30-19-11-8-16(9-12-19)21-6-1-2-7-24(21)37(29,34)35/h1-15,33H,(H2,28,31)(H,30,32)(H2,29,34,35). The number of hydrogen-bond acceptors (Lipinski definition) is 6. The number of anilines is 1. The number of hydroxylamine groups is 1. The number of sulfonamides is 1. The van der Waals surface area contributed by atoms with Gasteiger partial charge >= 0.3 is 0 Å². The third-order valence-electron chi connectivity index (χ3n) is 5.30. The molecule has 0 bridgehead atoms. The first kappa shape index (κ1) is 25.9. The van der Waals surface area contributed by atoms with Crippen LogP contribution in [0, 0.1) is 5.41 Å². The van der Waals surface area contributed by atoms with E-state index in [-0.39, 0.29) is 22.0 Å². The molecule has 11 heteroatoms. The van der Waals surface area contributed by atoms with E-state index >= 15 is 0 Å². The molecular weight excluding hydrogens is 516 g/mol. The average Bonchev–Trinajstić information content (AvgIpc) is 2.89. The van der Waals surface area contributed by atoms with Gasteiger partial charge < -0.3 is 10.1 Å². The van der Waals surface area contributed by atoms with Gasteiger partial charge in [-0.3, -0.25) is 20.9 Å². The summed E-state index contributed by atoms with van der Waals surface area (Å²) < 4.78 is 29.7. The van der Waals surface area contributed by atoms with Crippen molar-refractivity contribution in [2.75, 3.05) is 5.32 Å². The lowest BCUT2D eigenvalue weighted by atomic mass is 10.1. The predicted molar refractivity (Wildman–Crippen MR) is 141 cm³/mol. The Morgan fingerprint density at radius 2 is 1.68 bits per heavy atom. The Bertz CT molecular complexity index is 1590. The highest BCUT2D eigenvalue weighted by Crippen LogP contribution is 2.31. The van der Waals surface area contributed by atoms with Gasteiger partial charge in [-0.05, 0) is 54.1 Å². The topological polar surface area (TPSA) is 155 Å². The molecule has 1 amide bonds. The molecule has 0 aliphatic heterocycles. The average molecular weight is 537 g/mol. The van der Waals surface area contributed by atoms with E-state index in [2.05, 4.69) is 5.32 Å². The SMILES string of the molecule is N=C(NO)c1cccc(Oc2ccc(Cl)cc2C(=O)Nc2ccc(-c3ccccc3S(N)(=O)=O)cc2)c1. The minimum absolute atomic E-state index is 0.00137. The van der Waals surface area contributed by atoms with Crippen LogP contribution in [0.3, 0.4) is 0 Å². The molecule has 0 saturated carbocycles. The predicted octanol–water partition coefficient (Wildman–Crippen LogP) is 5.00. The molecule has 0 fully saturated rings. The van der Waals surface area contributed by atoms with E-state index < -0.39 is 15.9 Å². The normalized spacial score (nSPS) is 11.0. The Hall–Kier alpha value is -4.22. The van der Waals surface area contributed by atoms with Crippen LogP contribution in [0.15, 0.2) is 95.9 Å². The van der Waals surface area contributed by atoms with E-state index in [1.165, 1.54) is 18.2 Å². The summed E-state index contributed by atoms with van der Waals surface area (Å²) in [5.41, 5.74) is 3.82. The van der Waals surface area contributed by atoms with Crippen LogP contribution in [-0.2, 0) is 10.0 Å². The van der Waals surface area contributed by atoms with E-state index in [0.29, 0.717) is 33.1 Å². The maximum atomic E-state index is 13.1. The van der Waals surface area contributed by atoms with E-state index in [4.69, 9.17) is 32.1 Å². The van der Waals surface area contributed by atoms with Crippen LogP contribution < -0.4 is 20.7 Å². The van der Waals surface area contributed by atoms with Crippen molar-refractivity contribution in [2.24, 2.45) is 5.14 Å². The van der Waals surface area contributed by atoms with Crippen LogP contribution in [0.4, 0.5) is 5.69 Å². The number of amidine groups is 1. The van der Waals surface area contributed by atoms with Gasteiger partial charge in [-0.1, -0.05) is 54.1 Å². The second-order valence-electron chi connectivity index (χ2n) is 7.83. The number of benzene rings is 4. The molecule has 188 valence electrons. The monoisotopic (exact) mass is 536 g/mol. The molecule has 0 unspecified atom stereocenters. The number of amides is 1. The number of halogens is 1. The zero-order chi connectivity index (χ0) is 26.6. The van der Waals surface area contributed by atoms with Gasteiger partial charge in [0.2, 0.25) is 10.0 Å². The van der Waals surface area contributed by atoms with Crippen molar-refractivity contribution in [1.29, 1.82) is 5.41 Å². The lowest BCUT2D eigenvalue weighted by Crippen LogP contribution is -2.18. The van der Waals surface area contributed by atoms with Crippen LogP contribution in [0.1, 0.15) is 15.9 Å². The number of primary sulfonamides is 1. The highest BCUT2D eigenvalue weighted by Gasteiger charge is 2.17. The molecular formula is C26H21ClN4O5S. The smallest absolute Gasteiger partial charge is 0.259 e. The number of nitrogens with two attached hydrogens (primary N) is 1. The number of rotatable bonds is 7. The van der Waals surface area contributed by atoms with Crippen molar-refractivity contribution in [1.82, 2.24) is 5.48 Å². The van der Waals surface area contributed by atoms with E-state index in [9.17, 15) is 13.2 Å². The van der Waals surface area contributed by atoms with Gasteiger partial charge in [0.05, 0.1) is 10.5 Å². The van der Waals surface area contributed by atoms with Gasteiger partial charge in [0, 0.05) is 21.8 Å². The maximum Gasteiger partial charge on any atom is 0.259 e. The Morgan fingerprint density at radius 3 is 2.38 bits per heavy atom. The molecule has 0 aliphatic carbocycles. The highest BCUT2D eigenvalue weighted by atomic mass is 35.5. The third-order valence-corrected chi connectivity index (χ3v) is 6.50. The second kappa shape index (κ2) is 10.8. The molecule has 0 heterocycles. The summed E-state index contributed by atoms with van der Waals surface area (Å²) in [5, 5.41) is 25.1. The molecule has 4 aromatic rings. The number of carbonyl (C=O) groups is 1. The van der Waals surface area contributed by atoms with Gasteiger partial charge in [0.15, 0.2) is 0 Å². The van der Waals surface area contributed by atoms with Gasteiger partial charge in [0.25, 0.3) is 5.91 Å². The molecule has 0 aromatic heterocycles. The summed E-state index contributed by atoms with van der Waals surface area (Å²) in [7, 11) is -3.91. The number of ether oxygens (including phenoxy) is 1. The van der Waals surface area contributed by atoms with Crippen LogP contribution in [0.25, 0.3) is 11.1 Å². The quantitative estimate of drug-likeness (QED) is 0.127. The van der Waals surface area contributed by atoms with Crippen LogP contribution in [-0.4, -0.2) is 25.4 Å². The minimum Gasteiger partial charge on any atom is -0.457 e. The van der Waals surface area contributed by atoms with Crippen molar-refractivity contribution >= 4 is 39.1 Å². The third kappa shape index (κ3) is 6.13. The van der Waals surface area contributed by atoms with Crippen LogP contribution in [0.2, 0.25) is 5.02 Å². The minimum atomic E-state index is -3.91. The van der Waals surface area contributed by atoms with Crippen molar-refractivity contribution in [2.45, 2.75) is 4.90 Å². The first-order valence-corrected chi connectivity index (χ1v) is 12.7. The summed E-state index contributed by atoms with van der Waals surface area (Å²) >= 11 is 6.13. The molecule has 37 heavy (non-hydrogen) atoms. The summed E-state index contributed by atoms with van der Waals surface area (Å²) in [6, 6.07) is 24.0. The largest absolute Gasteiger partial charge is 0.457 e. The molecule has 0 radical (unpaired) electrons. The van der Waals surface area contributed by atoms with Gasteiger partial charge in [-0.2, -0.15) is 0 Å². The van der Waals surface area contributed by atoms with Gasteiger partial charge in [-0.25, -0.2) is 13.6 Å². The van der Waals surface area contributed by atoms with E-state index in [1.54, 1.807) is 78.3 Å². The molecule has 6 N–H and O–H groups in total. The van der Waals surface area contributed by atoms with Crippen LogP contribution >= 0.6 is 11.6 Å². The molecule has 4 aromatic carbocycles. The fourth-order valence-electron chi connectivity index (χ4n) is 3.56. The first-order valence-electron chi connectivity index (χ1n) is 10.8. The summed E-state index contributed by atoms with van der Waals surface area (Å²) in [6.45, 7) is 0. The molecule has 4 rings (SSSR count). The maximum absolute atomic E-state index is 13.1. The zero-order valence-corrected chi connectivity index (χ0v) is 20.7. The van der Waals surface area contributed by atoms with Gasteiger partial charge in [0.1, 0.15) is 17.3 Å². The Balaban J connectivity index is 1.57. The van der Waals surface area contributed by atoms with Crippen molar-refractivity contribution in [3.05, 3.63) is 107 Å². The second-order valence-corrected chi connectivity index (χ2v) is 9.80. The Morgan fingerprint density at radius 1 is 0.946 bits per heavy atom. The molecule has 9 nitrogen and oxygen atoms in total. The summed E-state index contributed by atoms with van der Waals surface area (Å²) in [4.78, 5) is 13.1. The van der Waals surface area contributed by atoms with E-state index in [0.717, 1.165) is 0 Å². The lowest BCUT2D eigenvalue weighted by Gasteiger charge is -2.13. The molecule has 0 aliphatic rings. The Kier molecular flexibility index (Phi) is 7.55. The summed E-state index contributed by atoms with van der Waals surface area (Å²) in [5.74, 6) is -0.140. The fourth-order valence-corrected chi connectivity index (χ4v) is 4.49. The number of hydrogen-bond donors (Lipinski definition) is 5. The molecule has 0 saturated heterocycles. The van der Waals surface area contributed by atoms with Crippen molar-refractivity contribution in [3.8, 4) is 22.6 Å². The Labute approximate surface area is 218 Å². The first-order chi connectivity index (χ1) is 17.7. The zero-order valence-electron chi connectivity index (χ0n) is 19.1. The number of carbonyl (C=O) groups excluding carboxylic acids is 1. The van der Waals surface area contributed by atoms with E-state index in [1.807, 2.05) is 0 Å². The fraction of sp³-hybridized carbons (Fsp3) is 0. The lowest BCUT2D eigenvalue weighted by molar-refractivity contribution is 0.102. The van der Waals surface area contributed by atoms with Crippen molar-refractivity contribution < 1.29 is 23.2 Å². The molecule has 0 atom stereocenters. The highest BCUT2D eigenvalue weighted by molar-refractivity contribution is 7.89. The number of nitrogens with one attached hydrogen (secondary N) is 3.